The molecule has 22 heavy (non-hydrogen) atoms. The maximum atomic E-state index is 5.62. The molecule has 1 heterocycles. The van der Waals surface area contributed by atoms with E-state index in [0.717, 1.165) is 47.8 Å². The van der Waals surface area contributed by atoms with E-state index in [2.05, 4.69) is 24.1 Å². The minimum Gasteiger partial charge on any atom is -0.399 e. The number of hydrogen-bond donors (Lipinski definition) is 4. The van der Waals surface area contributed by atoms with Crippen LogP contribution in [0.15, 0.2) is 49.0 Å². The van der Waals surface area contributed by atoms with Crippen LogP contribution < -0.4 is 22.1 Å². The van der Waals surface area contributed by atoms with E-state index in [-0.39, 0.29) is 0 Å². The van der Waals surface area contributed by atoms with E-state index in [0.29, 0.717) is 0 Å². The van der Waals surface area contributed by atoms with Crippen LogP contribution in [0, 0.1) is 0 Å². The van der Waals surface area contributed by atoms with Crippen LogP contribution in [-0.4, -0.2) is 13.1 Å². The summed E-state index contributed by atoms with van der Waals surface area (Å²) in [6, 6.07) is 13.8. The zero-order valence-electron chi connectivity index (χ0n) is 13.0. The van der Waals surface area contributed by atoms with E-state index in [1.165, 1.54) is 5.56 Å². The van der Waals surface area contributed by atoms with Crippen LogP contribution in [0.4, 0.5) is 17.1 Å². The number of rotatable bonds is 3. The van der Waals surface area contributed by atoms with Crippen LogP contribution in [0.3, 0.4) is 0 Å². The Bertz CT molecular complexity index is 632. The molecular formula is C18H24N4. The number of hydrogen-bond acceptors (Lipinski definition) is 4. The minimum atomic E-state index is 0.800. The Morgan fingerprint density at radius 2 is 1.77 bits per heavy atom. The van der Waals surface area contributed by atoms with Crippen LogP contribution in [0.2, 0.25) is 0 Å². The molecule has 1 aliphatic rings. The molecule has 0 aliphatic carbocycles. The van der Waals surface area contributed by atoms with Gasteiger partial charge in [-0.25, -0.2) is 0 Å². The summed E-state index contributed by atoms with van der Waals surface area (Å²) in [5, 5.41) is 6.47. The highest BCUT2D eigenvalue weighted by molar-refractivity contribution is 5.84. The van der Waals surface area contributed by atoms with Gasteiger partial charge < -0.3 is 22.1 Å². The van der Waals surface area contributed by atoms with Crippen molar-refractivity contribution in [3.8, 4) is 0 Å². The molecule has 6 N–H and O–H groups in total. The van der Waals surface area contributed by atoms with Crippen molar-refractivity contribution in [1.29, 1.82) is 0 Å². The predicted molar refractivity (Wildman–Crippen MR) is 96.6 cm³/mol. The first-order valence-electron chi connectivity index (χ1n) is 7.47. The lowest BCUT2D eigenvalue weighted by atomic mass is 10.1. The SMILES string of the molecule is C=C1CNc2ccc(N)cc21.CCNCc1ccc(N)cc1. The Balaban J connectivity index is 0.000000160. The Morgan fingerprint density at radius 3 is 2.45 bits per heavy atom. The second kappa shape index (κ2) is 7.52. The van der Waals surface area contributed by atoms with Crippen molar-refractivity contribution in [2.75, 3.05) is 29.9 Å². The zero-order valence-corrected chi connectivity index (χ0v) is 13.0. The van der Waals surface area contributed by atoms with Gasteiger partial charge in [0.2, 0.25) is 0 Å². The lowest BCUT2D eigenvalue weighted by Gasteiger charge is -2.01. The molecule has 2 aromatic rings. The summed E-state index contributed by atoms with van der Waals surface area (Å²) in [5.41, 5.74) is 17.5. The third-order valence-corrected chi connectivity index (χ3v) is 3.48. The average Bonchev–Trinajstić information content (AvgIpc) is 2.88. The Labute approximate surface area is 132 Å². The topological polar surface area (TPSA) is 76.1 Å². The average molecular weight is 296 g/mol. The summed E-state index contributed by atoms with van der Waals surface area (Å²) in [7, 11) is 0. The smallest absolute Gasteiger partial charge is 0.0421 e. The molecule has 2 aromatic carbocycles. The first kappa shape index (κ1) is 15.9. The van der Waals surface area contributed by atoms with Gasteiger partial charge in [-0.15, -0.1) is 0 Å². The van der Waals surface area contributed by atoms with Gasteiger partial charge in [0.15, 0.2) is 0 Å². The van der Waals surface area contributed by atoms with Gasteiger partial charge in [0, 0.05) is 35.7 Å². The van der Waals surface area contributed by atoms with Crippen molar-refractivity contribution in [1.82, 2.24) is 5.32 Å². The number of anilines is 3. The number of fused-ring (bicyclic) bond motifs is 1. The molecule has 0 unspecified atom stereocenters. The van der Waals surface area contributed by atoms with E-state index in [9.17, 15) is 0 Å². The number of nitrogens with two attached hydrogens (primary N) is 2. The van der Waals surface area contributed by atoms with Crippen LogP contribution >= 0.6 is 0 Å². The van der Waals surface area contributed by atoms with Crippen molar-refractivity contribution in [3.63, 3.8) is 0 Å². The molecule has 0 amide bonds. The molecule has 0 fully saturated rings. The molecule has 116 valence electrons. The Morgan fingerprint density at radius 1 is 1.09 bits per heavy atom. The molecule has 0 radical (unpaired) electrons. The summed E-state index contributed by atoms with van der Waals surface area (Å²) in [6.45, 7) is 8.79. The molecule has 4 nitrogen and oxygen atoms in total. The highest BCUT2D eigenvalue weighted by atomic mass is 14.9. The summed E-state index contributed by atoms with van der Waals surface area (Å²) in [4.78, 5) is 0. The zero-order chi connectivity index (χ0) is 15.9. The molecule has 0 bridgehead atoms. The van der Waals surface area contributed by atoms with Crippen molar-refractivity contribution in [2.24, 2.45) is 0 Å². The van der Waals surface area contributed by atoms with E-state index in [1.54, 1.807) is 0 Å². The van der Waals surface area contributed by atoms with Gasteiger partial charge in [0.1, 0.15) is 0 Å². The fraction of sp³-hybridized carbons (Fsp3) is 0.222. The van der Waals surface area contributed by atoms with Crippen LogP contribution in [0.25, 0.3) is 5.57 Å². The standard InChI is InChI=1S/C9H10N2.C9H14N2/c1-6-5-11-9-3-2-7(10)4-8(6)9;1-2-11-7-8-3-5-9(10)6-4-8/h2-4,11H,1,5,10H2;3-6,11H,2,7,10H2,1H3. The van der Waals surface area contributed by atoms with Gasteiger partial charge in [-0.1, -0.05) is 25.6 Å². The normalized spacial score (nSPS) is 12.1. The van der Waals surface area contributed by atoms with Crippen LogP contribution in [-0.2, 0) is 6.54 Å². The molecule has 4 heteroatoms. The Hall–Kier alpha value is -2.46. The van der Waals surface area contributed by atoms with E-state index in [4.69, 9.17) is 11.5 Å². The molecule has 1 aliphatic heterocycles. The first-order valence-corrected chi connectivity index (χ1v) is 7.47. The second-order valence-corrected chi connectivity index (χ2v) is 5.28. The quantitative estimate of drug-likeness (QED) is 0.657. The van der Waals surface area contributed by atoms with Crippen LogP contribution in [0.1, 0.15) is 18.1 Å². The summed E-state index contributed by atoms with van der Waals surface area (Å²) < 4.78 is 0. The number of benzene rings is 2. The monoisotopic (exact) mass is 296 g/mol. The van der Waals surface area contributed by atoms with E-state index < -0.39 is 0 Å². The fourth-order valence-electron chi connectivity index (χ4n) is 2.21. The van der Waals surface area contributed by atoms with Crippen molar-refractivity contribution in [2.45, 2.75) is 13.5 Å². The first-order chi connectivity index (χ1) is 10.6. The number of nitrogens with one attached hydrogen (secondary N) is 2. The predicted octanol–water partition coefficient (Wildman–Crippen LogP) is 3.09. The molecule has 0 spiro atoms. The second-order valence-electron chi connectivity index (χ2n) is 5.28. The molecule has 0 saturated heterocycles. The molecule has 0 atom stereocenters. The van der Waals surface area contributed by atoms with E-state index >= 15 is 0 Å². The maximum absolute atomic E-state index is 5.62. The third kappa shape index (κ3) is 4.27. The number of nitrogen functional groups attached to an aromatic ring is 2. The summed E-state index contributed by atoms with van der Waals surface area (Å²) >= 11 is 0. The van der Waals surface area contributed by atoms with Crippen molar-refractivity contribution in [3.05, 3.63) is 60.2 Å². The van der Waals surface area contributed by atoms with Gasteiger partial charge in [-0.05, 0) is 48.0 Å². The van der Waals surface area contributed by atoms with Gasteiger partial charge in [-0.3, -0.25) is 0 Å². The van der Waals surface area contributed by atoms with Crippen LogP contribution in [0.5, 0.6) is 0 Å². The lowest BCUT2D eigenvalue weighted by Crippen LogP contribution is -2.11. The van der Waals surface area contributed by atoms with Crippen molar-refractivity contribution >= 4 is 22.6 Å². The molecule has 3 rings (SSSR count). The van der Waals surface area contributed by atoms with Gasteiger partial charge >= 0.3 is 0 Å². The Kier molecular flexibility index (Phi) is 5.44. The fourth-order valence-corrected chi connectivity index (χ4v) is 2.21. The molecular weight excluding hydrogens is 272 g/mol. The van der Waals surface area contributed by atoms with Gasteiger partial charge in [-0.2, -0.15) is 0 Å². The summed E-state index contributed by atoms with van der Waals surface area (Å²) in [5.74, 6) is 0. The van der Waals surface area contributed by atoms with Gasteiger partial charge in [0.25, 0.3) is 0 Å². The molecule has 0 saturated carbocycles. The molecule has 0 aromatic heterocycles. The van der Waals surface area contributed by atoms with E-state index in [1.807, 2.05) is 42.5 Å². The highest BCUT2D eigenvalue weighted by Gasteiger charge is 2.12. The maximum Gasteiger partial charge on any atom is 0.0421 e. The third-order valence-electron chi connectivity index (χ3n) is 3.48. The lowest BCUT2D eigenvalue weighted by molar-refractivity contribution is 0.727. The highest BCUT2D eigenvalue weighted by Crippen LogP contribution is 2.30. The largest absolute Gasteiger partial charge is 0.399 e. The van der Waals surface area contributed by atoms with Crippen molar-refractivity contribution < 1.29 is 0 Å². The minimum absolute atomic E-state index is 0.800. The summed E-state index contributed by atoms with van der Waals surface area (Å²) in [6.07, 6.45) is 0. The van der Waals surface area contributed by atoms with Gasteiger partial charge in [0.05, 0.1) is 0 Å².